The quantitative estimate of drug-likeness (QED) is 0.866. The van der Waals surface area contributed by atoms with Crippen LogP contribution >= 0.6 is 31.9 Å². The molecule has 0 spiro atoms. The lowest BCUT2D eigenvalue weighted by Crippen LogP contribution is -2.46. The minimum Gasteiger partial charge on any atom is -0.489 e. The largest absolute Gasteiger partial charge is 0.489 e. The number of rotatable bonds is 3. The molecular weight excluding hydrogens is 350 g/mol. The van der Waals surface area contributed by atoms with Crippen molar-refractivity contribution in [2.75, 3.05) is 19.7 Å². The van der Waals surface area contributed by atoms with Crippen molar-refractivity contribution >= 4 is 31.9 Å². The SMILES string of the molecule is OC1(COc2ccc(Br)cc2Br)CCNCC1. The molecule has 0 radical (unpaired) electrons. The van der Waals surface area contributed by atoms with Crippen molar-refractivity contribution in [3.05, 3.63) is 27.1 Å². The summed E-state index contributed by atoms with van der Waals surface area (Å²) in [6.45, 7) is 2.04. The Morgan fingerprint density at radius 3 is 2.65 bits per heavy atom. The number of hydrogen-bond acceptors (Lipinski definition) is 3. The van der Waals surface area contributed by atoms with E-state index < -0.39 is 5.60 Å². The Bertz CT molecular complexity index is 392. The number of nitrogens with one attached hydrogen (secondary N) is 1. The highest BCUT2D eigenvalue weighted by Crippen LogP contribution is 2.29. The van der Waals surface area contributed by atoms with Crippen LogP contribution in [0, 0.1) is 0 Å². The lowest BCUT2D eigenvalue weighted by molar-refractivity contribution is -0.0287. The van der Waals surface area contributed by atoms with Gasteiger partial charge in [0.15, 0.2) is 0 Å². The molecule has 0 aromatic heterocycles. The van der Waals surface area contributed by atoms with E-state index in [-0.39, 0.29) is 0 Å². The summed E-state index contributed by atoms with van der Waals surface area (Å²) in [5.41, 5.74) is -0.697. The molecule has 1 aromatic carbocycles. The Hall–Kier alpha value is -0.100. The highest BCUT2D eigenvalue weighted by atomic mass is 79.9. The van der Waals surface area contributed by atoms with Gasteiger partial charge in [-0.05, 0) is 60.1 Å². The number of benzene rings is 1. The van der Waals surface area contributed by atoms with Gasteiger partial charge in [-0.3, -0.25) is 0 Å². The van der Waals surface area contributed by atoms with Gasteiger partial charge in [-0.25, -0.2) is 0 Å². The summed E-state index contributed by atoms with van der Waals surface area (Å²) in [6, 6.07) is 5.74. The number of ether oxygens (including phenoxy) is 1. The van der Waals surface area contributed by atoms with E-state index in [9.17, 15) is 5.11 Å². The summed E-state index contributed by atoms with van der Waals surface area (Å²) in [5, 5.41) is 13.5. The Morgan fingerprint density at radius 1 is 1.29 bits per heavy atom. The number of halogens is 2. The normalized spacial score (nSPS) is 19.0. The van der Waals surface area contributed by atoms with E-state index in [0.717, 1.165) is 40.6 Å². The highest BCUT2D eigenvalue weighted by Gasteiger charge is 2.30. The fourth-order valence-electron chi connectivity index (χ4n) is 1.84. The molecule has 1 aliphatic rings. The van der Waals surface area contributed by atoms with Crippen molar-refractivity contribution in [2.45, 2.75) is 18.4 Å². The molecule has 3 nitrogen and oxygen atoms in total. The van der Waals surface area contributed by atoms with Gasteiger partial charge in [0.2, 0.25) is 0 Å². The second kappa shape index (κ2) is 5.69. The maximum absolute atomic E-state index is 10.3. The molecule has 2 N–H and O–H groups in total. The maximum Gasteiger partial charge on any atom is 0.133 e. The smallest absolute Gasteiger partial charge is 0.133 e. The molecule has 0 unspecified atom stereocenters. The standard InChI is InChI=1S/C12H15Br2NO2/c13-9-1-2-11(10(14)7-9)17-8-12(16)3-5-15-6-4-12/h1-2,7,15-16H,3-6,8H2. The van der Waals surface area contributed by atoms with E-state index in [1.54, 1.807) is 0 Å². The first-order valence-electron chi connectivity index (χ1n) is 5.60. The van der Waals surface area contributed by atoms with Gasteiger partial charge >= 0.3 is 0 Å². The Balaban J connectivity index is 1.97. The van der Waals surface area contributed by atoms with E-state index in [4.69, 9.17) is 4.74 Å². The minimum atomic E-state index is -0.697. The van der Waals surface area contributed by atoms with Gasteiger partial charge < -0.3 is 15.2 Å². The Labute approximate surface area is 118 Å². The zero-order valence-electron chi connectivity index (χ0n) is 9.38. The summed E-state index contributed by atoms with van der Waals surface area (Å²) < 4.78 is 7.58. The zero-order chi connectivity index (χ0) is 12.3. The molecule has 0 aliphatic carbocycles. The summed E-state index contributed by atoms with van der Waals surface area (Å²) in [7, 11) is 0. The molecule has 1 aliphatic heterocycles. The maximum atomic E-state index is 10.3. The molecule has 0 amide bonds. The molecule has 17 heavy (non-hydrogen) atoms. The summed E-state index contributed by atoms with van der Waals surface area (Å²) in [4.78, 5) is 0. The summed E-state index contributed by atoms with van der Waals surface area (Å²) in [5.74, 6) is 0.764. The minimum absolute atomic E-state index is 0.342. The van der Waals surface area contributed by atoms with Crippen molar-refractivity contribution in [1.29, 1.82) is 0 Å². The van der Waals surface area contributed by atoms with Crippen LogP contribution in [0.15, 0.2) is 27.1 Å². The average Bonchev–Trinajstić information content (AvgIpc) is 2.29. The van der Waals surface area contributed by atoms with Crippen LogP contribution in [0.2, 0.25) is 0 Å². The van der Waals surface area contributed by atoms with Crippen LogP contribution in [0.4, 0.5) is 0 Å². The van der Waals surface area contributed by atoms with E-state index in [0.29, 0.717) is 6.61 Å². The van der Waals surface area contributed by atoms with Crippen molar-refractivity contribution in [1.82, 2.24) is 5.32 Å². The van der Waals surface area contributed by atoms with Crippen molar-refractivity contribution in [2.24, 2.45) is 0 Å². The van der Waals surface area contributed by atoms with Crippen LogP contribution in [0.3, 0.4) is 0 Å². The lowest BCUT2D eigenvalue weighted by Gasteiger charge is -2.32. The third kappa shape index (κ3) is 3.68. The highest BCUT2D eigenvalue weighted by molar-refractivity contribution is 9.11. The topological polar surface area (TPSA) is 41.5 Å². The molecule has 2 rings (SSSR count). The van der Waals surface area contributed by atoms with Gasteiger partial charge in [0.05, 0.1) is 4.47 Å². The Kier molecular flexibility index (Phi) is 4.47. The lowest BCUT2D eigenvalue weighted by atomic mass is 9.94. The second-order valence-electron chi connectivity index (χ2n) is 4.34. The molecule has 0 saturated carbocycles. The molecule has 5 heteroatoms. The molecule has 1 heterocycles. The number of hydrogen-bond donors (Lipinski definition) is 2. The van der Waals surface area contributed by atoms with E-state index in [1.807, 2.05) is 18.2 Å². The van der Waals surface area contributed by atoms with Crippen molar-refractivity contribution in [3.63, 3.8) is 0 Å². The predicted molar refractivity (Wildman–Crippen MR) is 74.4 cm³/mol. The average molecular weight is 365 g/mol. The van der Waals surface area contributed by atoms with Gasteiger partial charge in [0, 0.05) is 4.47 Å². The molecule has 1 saturated heterocycles. The first-order valence-corrected chi connectivity index (χ1v) is 7.19. The molecule has 0 bridgehead atoms. The van der Waals surface area contributed by atoms with Crippen molar-refractivity contribution < 1.29 is 9.84 Å². The Morgan fingerprint density at radius 2 is 2.00 bits per heavy atom. The molecule has 1 aromatic rings. The molecular formula is C12H15Br2NO2. The predicted octanol–water partition coefficient (Wildman–Crippen LogP) is 2.70. The summed E-state index contributed by atoms with van der Waals surface area (Å²) >= 11 is 6.83. The van der Waals surface area contributed by atoms with Crippen LogP contribution in [-0.2, 0) is 0 Å². The van der Waals surface area contributed by atoms with Gasteiger partial charge in [-0.2, -0.15) is 0 Å². The number of piperidine rings is 1. The number of aliphatic hydroxyl groups is 1. The molecule has 94 valence electrons. The molecule has 1 fully saturated rings. The molecule has 0 atom stereocenters. The second-order valence-corrected chi connectivity index (χ2v) is 6.11. The van der Waals surface area contributed by atoms with E-state index in [1.165, 1.54) is 0 Å². The first-order chi connectivity index (χ1) is 8.09. The van der Waals surface area contributed by atoms with Crippen LogP contribution < -0.4 is 10.1 Å². The van der Waals surface area contributed by atoms with Gasteiger partial charge in [-0.15, -0.1) is 0 Å². The van der Waals surface area contributed by atoms with Crippen molar-refractivity contribution in [3.8, 4) is 5.75 Å². The third-order valence-electron chi connectivity index (χ3n) is 2.92. The van der Waals surface area contributed by atoms with Crippen LogP contribution in [0.1, 0.15) is 12.8 Å². The summed E-state index contributed by atoms with van der Waals surface area (Å²) in [6.07, 6.45) is 1.47. The van der Waals surface area contributed by atoms with E-state index in [2.05, 4.69) is 37.2 Å². The van der Waals surface area contributed by atoms with Gasteiger partial charge in [0.1, 0.15) is 18.0 Å². The van der Waals surface area contributed by atoms with Gasteiger partial charge in [-0.1, -0.05) is 15.9 Å². The third-order valence-corrected chi connectivity index (χ3v) is 4.04. The van der Waals surface area contributed by atoms with Gasteiger partial charge in [0.25, 0.3) is 0 Å². The monoisotopic (exact) mass is 363 g/mol. The van der Waals surface area contributed by atoms with Crippen LogP contribution in [0.5, 0.6) is 5.75 Å². The fourth-order valence-corrected chi connectivity index (χ4v) is 3.00. The van der Waals surface area contributed by atoms with Crippen LogP contribution in [-0.4, -0.2) is 30.4 Å². The zero-order valence-corrected chi connectivity index (χ0v) is 12.6. The fraction of sp³-hybridized carbons (Fsp3) is 0.500. The first kappa shape index (κ1) is 13.3. The van der Waals surface area contributed by atoms with E-state index >= 15 is 0 Å². The van der Waals surface area contributed by atoms with Crippen LogP contribution in [0.25, 0.3) is 0 Å².